The first-order chi connectivity index (χ1) is 9.18. The minimum absolute atomic E-state index is 0.486. The summed E-state index contributed by atoms with van der Waals surface area (Å²) in [6.07, 6.45) is 0.660. The molecule has 0 unspecified atom stereocenters. The van der Waals surface area contributed by atoms with Crippen LogP contribution in [0.5, 0.6) is 17.2 Å². The van der Waals surface area contributed by atoms with Crippen LogP contribution in [0, 0.1) is 0 Å². The molecule has 5 heteroatoms. The summed E-state index contributed by atoms with van der Waals surface area (Å²) < 4.78 is 27.3. The molecule has 0 amide bonds. The van der Waals surface area contributed by atoms with Crippen LogP contribution in [0.25, 0.3) is 0 Å². The molecule has 106 valence electrons. The molecule has 1 aliphatic rings. The highest BCUT2D eigenvalue weighted by Gasteiger charge is 2.30. The van der Waals surface area contributed by atoms with E-state index in [0.717, 1.165) is 0 Å². The Balaban J connectivity index is 1.95. The van der Waals surface area contributed by atoms with Crippen LogP contribution in [0.4, 0.5) is 0 Å². The second-order valence-electron chi connectivity index (χ2n) is 4.42. The molecule has 19 heavy (non-hydrogen) atoms. The van der Waals surface area contributed by atoms with E-state index >= 15 is 0 Å². The zero-order valence-corrected chi connectivity index (χ0v) is 11.6. The molecule has 1 saturated heterocycles. The van der Waals surface area contributed by atoms with Crippen LogP contribution in [0.2, 0.25) is 0 Å². The lowest BCUT2D eigenvalue weighted by atomic mass is 10.2. The number of hydrogen-bond donors (Lipinski definition) is 0. The molecule has 1 fully saturated rings. The molecule has 1 aliphatic heterocycles. The molecular formula is C14H20O5. The normalized spacial score (nSPS) is 17.2. The molecule has 0 aliphatic carbocycles. The van der Waals surface area contributed by atoms with Gasteiger partial charge in [0.25, 0.3) is 0 Å². The highest BCUT2D eigenvalue weighted by molar-refractivity contribution is 5.50. The number of rotatable bonds is 6. The number of ether oxygens (including phenoxy) is 5. The second kappa shape index (κ2) is 6.12. The van der Waals surface area contributed by atoms with Crippen molar-refractivity contribution >= 4 is 0 Å². The standard InChI is InChI=1S/C14H20O5/c1-14(18-9-10-19-14)7-8-17-12-6-4-5-11(15-2)13(12)16-3/h4-6H,7-10H2,1-3H3. The van der Waals surface area contributed by atoms with E-state index in [-0.39, 0.29) is 0 Å². The maximum absolute atomic E-state index is 5.73. The lowest BCUT2D eigenvalue weighted by Crippen LogP contribution is -2.28. The summed E-state index contributed by atoms with van der Waals surface area (Å²) in [4.78, 5) is 0. The van der Waals surface area contributed by atoms with E-state index < -0.39 is 5.79 Å². The number of benzene rings is 1. The van der Waals surface area contributed by atoms with E-state index in [4.69, 9.17) is 23.7 Å². The Kier molecular flexibility index (Phi) is 4.50. The van der Waals surface area contributed by atoms with Gasteiger partial charge in [0.05, 0.1) is 34.0 Å². The van der Waals surface area contributed by atoms with Gasteiger partial charge in [0.2, 0.25) is 5.75 Å². The van der Waals surface area contributed by atoms with Gasteiger partial charge in [0.1, 0.15) is 0 Å². The van der Waals surface area contributed by atoms with Crippen molar-refractivity contribution in [3.63, 3.8) is 0 Å². The van der Waals surface area contributed by atoms with Crippen LogP contribution in [-0.2, 0) is 9.47 Å². The van der Waals surface area contributed by atoms with Crippen molar-refractivity contribution in [1.29, 1.82) is 0 Å². The van der Waals surface area contributed by atoms with Gasteiger partial charge in [-0.25, -0.2) is 0 Å². The molecule has 1 aromatic rings. The van der Waals surface area contributed by atoms with Crippen LogP contribution in [0.3, 0.4) is 0 Å². The van der Waals surface area contributed by atoms with Crippen molar-refractivity contribution in [3.8, 4) is 17.2 Å². The monoisotopic (exact) mass is 268 g/mol. The number of methoxy groups -OCH3 is 2. The van der Waals surface area contributed by atoms with Gasteiger partial charge >= 0.3 is 0 Å². The van der Waals surface area contributed by atoms with Crippen LogP contribution in [0.1, 0.15) is 13.3 Å². The summed E-state index contributed by atoms with van der Waals surface area (Å²) in [6.45, 7) is 3.68. The van der Waals surface area contributed by atoms with E-state index in [1.54, 1.807) is 14.2 Å². The first-order valence-corrected chi connectivity index (χ1v) is 6.30. The Morgan fingerprint density at radius 3 is 2.42 bits per heavy atom. The highest BCUT2D eigenvalue weighted by atomic mass is 16.7. The molecular weight excluding hydrogens is 248 g/mol. The molecule has 0 aromatic heterocycles. The van der Waals surface area contributed by atoms with Crippen molar-refractivity contribution in [1.82, 2.24) is 0 Å². The molecule has 2 rings (SSSR count). The lowest BCUT2D eigenvalue weighted by Gasteiger charge is -2.22. The highest BCUT2D eigenvalue weighted by Crippen LogP contribution is 2.37. The van der Waals surface area contributed by atoms with E-state index in [9.17, 15) is 0 Å². The molecule has 1 aromatic carbocycles. The van der Waals surface area contributed by atoms with E-state index in [1.807, 2.05) is 25.1 Å². The summed E-state index contributed by atoms with van der Waals surface area (Å²) in [6, 6.07) is 5.54. The third-order valence-electron chi connectivity index (χ3n) is 3.08. The molecule has 0 atom stereocenters. The minimum atomic E-state index is -0.536. The van der Waals surface area contributed by atoms with Gasteiger partial charge in [-0.15, -0.1) is 0 Å². The van der Waals surface area contributed by atoms with Crippen LogP contribution in [0.15, 0.2) is 18.2 Å². The molecule has 5 nitrogen and oxygen atoms in total. The zero-order valence-electron chi connectivity index (χ0n) is 11.6. The van der Waals surface area contributed by atoms with Gasteiger partial charge in [0.15, 0.2) is 17.3 Å². The topological polar surface area (TPSA) is 46.2 Å². The average molecular weight is 268 g/mol. The Morgan fingerprint density at radius 1 is 1.11 bits per heavy atom. The minimum Gasteiger partial charge on any atom is -0.493 e. The SMILES string of the molecule is COc1cccc(OCCC2(C)OCCO2)c1OC. The summed E-state index contributed by atoms with van der Waals surface area (Å²) in [5.41, 5.74) is 0. The Hall–Kier alpha value is -1.46. The number of hydrogen-bond acceptors (Lipinski definition) is 5. The van der Waals surface area contributed by atoms with Crippen LogP contribution in [-0.4, -0.2) is 39.8 Å². The zero-order chi connectivity index (χ0) is 13.7. The van der Waals surface area contributed by atoms with Crippen molar-refractivity contribution in [3.05, 3.63) is 18.2 Å². The maximum Gasteiger partial charge on any atom is 0.203 e. The van der Waals surface area contributed by atoms with Gasteiger partial charge < -0.3 is 23.7 Å². The van der Waals surface area contributed by atoms with Crippen molar-refractivity contribution in [2.45, 2.75) is 19.1 Å². The van der Waals surface area contributed by atoms with Gasteiger partial charge in [-0.2, -0.15) is 0 Å². The molecule has 0 N–H and O–H groups in total. The maximum atomic E-state index is 5.73. The first kappa shape index (κ1) is 14.0. The smallest absolute Gasteiger partial charge is 0.203 e. The third-order valence-corrected chi connectivity index (χ3v) is 3.08. The van der Waals surface area contributed by atoms with Crippen LogP contribution < -0.4 is 14.2 Å². The molecule has 0 saturated carbocycles. The van der Waals surface area contributed by atoms with Crippen LogP contribution >= 0.6 is 0 Å². The fourth-order valence-corrected chi connectivity index (χ4v) is 2.02. The van der Waals surface area contributed by atoms with E-state index in [1.165, 1.54) is 0 Å². The fourth-order valence-electron chi connectivity index (χ4n) is 2.02. The predicted molar refractivity (Wildman–Crippen MR) is 70.0 cm³/mol. The largest absolute Gasteiger partial charge is 0.493 e. The summed E-state index contributed by atoms with van der Waals surface area (Å²) in [7, 11) is 3.19. The third kappa shape index (κ3) is 3.30. The number of para-hydroxylation sites is 1. The second-order valence-corrected chi connectivity index (χ2v) is 4.42. The molecule has 1 heterocycles. The van der Waals surface area contributed by atoms with Gasteiger partial charge in [-0.1, -0.05) is 6.07 Å². The summed E-state index contributed by atoms with van der Waals surface area (Å²) >= 11 is 0. The fraction of sp³-hybridized carbons (Fsp3) is 0.571. The van der Waals surface area contributed by atoms with Gasteiger partial charge in [0, 0.05) is 6.42 Å². The quantitative estimate of drug-likeness (QED) is 0.791. The Morgan fingerprint density at radius 2 is 1.79 bits per heavy atom. The van der Waals surface area contributed by atoms with Gasteiger partial charge in [-0.3, -0.25) is 0 Å². The summed E-state index contributed by atoms with van der Waals surface area (Å²) in [5, 5.41) is 0. The van der Waals surface area contributed by atoms with Gasteiger partial charge in [-0.05, 0) is 19.1 Å². The van der Waals surface area contributed by atoms with Crippen molar-refractivity contribution in [2.24, 2.45) is 0 Å². The first-order valence-electron chi connectivity index (χ1n) is 6.30. The van der Waals surface area contributed by atoms with Crippen molar-refractivity contribution < 1.29 is 23.7 Å². The van der Waals surface area contributed by atoms with E-state index in [2.05, 4.69) is 0 Å². The molecule has 0 radical (unpaired) electrons. The average Bonchev–Trinajstić information content (AvgIpc) is 2.85. The van der Waals surface area contributed by atoms with Crippen molar-refractivity contribution in [2.75, 3.05) is 34.0 Å². The Bertz CT molecular complexity index is 412. The lowest BCUT2D eigenvalue weighted by molar-refractivity contribution is -0.150. The predicted octanol–water partition coefficient (Wildman–Crippen LogP) is 2.24. The van der Waals surface area contributed by atoms with E-state index in [0.29, 0.717) is 43.5 Å². The molecule has 0 bridgehead atoms. The Labute approximate surface area is 113 Å². The molecule has 0 spiro atoms. The summed E-state index contributed by atoms with van der Waals surface area (Å²) in [5.74, 6) is 1.37.